The van der Waals surface area contributed by atoms with Crippen LogP contribution in [0.25, 0.3) is 10.1 Å². The number of nitrogens with one attached hydrogen (secondary N) is 3. The minimum absolute atomic E-state index is 0.339. The fourth-order valence-electron chi connectivity index (χ4n) is 2.34. The van der Waals surface area contributed by atoms with E-state index in [1.54, 1.807) is 18.4 Å². The first kappa shape index (κ1) is 21.0. The molecule has 0 aliphatic carbocycles. The average Bonchev–Trinajstić information content (AvgIpc) is 3.03. The normalized spacial score (nSPS) is 13.3. The Labute approximate surface area is 163 Å². The number of aliphatic imine (C=N–C) groups is 1. The number of guanidine groups is 1. The molecule has 0 bridgehead atoms. The number of rotatable bonds is 6. The molecule has 1 aromatic carbocycles. The average molecular weight is 393 g/mol. The number of nitrogens with zero attached hydrogens (tertiary/aromatic N) is 1. The lowest BCUT2D eigenvalue weighted by atomic mass is 10.2. The second-order valence-electron chi connectivity index (χ2n) is 7.01. The van der Waals surface area contributed by atoms with Crippen molar-refractivity contribution < 1.29 is 14.6 Å². The number of aliphatic hydroxyl groups is 1. The number of thiophene rings is 1. The summed E-state index contributed by atoms with van der Waals surface area (Å²) in [5.41, 5.74) is -0.516. The number of alkyl carbamates (subject to hydrolysis) is 1. The van der Waals surface area contributed by atoms with Crippen molar-refractivity contribution in [3.05, 3.63) is 35.2 Å². The Kier molecular flexibility index (Phi) is 7.44. The Morgan fingerprint density at radius 3 is 2.59 bits per heavy atom. The highest BCUT2D eigenvalue weighted by molar-refractivity contribution is 7.19. The summed E-state index contributed by atoms with van der Waals surface area (Å²) in [5.74, 6) is 0.557. The first-order valence-electron chi connectivity index (χ1n) is 8.86. The summed E-state index contributed by atoms with van der Waals surface area (Å²) in [6.07, 6.45) is -1.08. The highest BCUT2D eigenvalue weighted by atomic mass is 32.1. The molecule has 8 heteroatoms. The summed E-state index contributed by atoms with van der Waals surface area (Å²) >= 11 is 1.58. The summed E-state index contributed by atoms with van der Waals surface area (Å²) < 4.78 is 6.32. The summed E-state index contributed by atoms with van der Waals surface area (Å²) in [5, 5.41) is 20.4. The van der Waals surface area contributed by atoms with Gasteiger partial charge in [-0.3, -0.25) is 4.99 Å². The molecule has 148 valence electrons. The number of benzene rings is 1. The lowest BCUT2D eigenvalue weighted by Crippen LogP contribution is -2.43. The molecule has 2 aromatic rings. The van der Waals surface area contributed by atoms with Crippen molar-refractivity contribution in [2.45, 2.75) is 32.5 Å². The number of hydrogen-bond donors (Lipinski definition) is 4. The maximum absolute atomic E-state index is 11.6. The maximum Gasteiger partial charge on any atom is 0.407 e. The number of carbonyl (C=O) groups is 1. The molecular weight excluding hydrogens is 364 g/mol. The zero-order valence-electron chi connectivity index (χ0n) is 16.2. The number of aliphatic hydroxyl groups excluding tert-OH is 1. The van der Waals surface area contributed by atoms with E-state index in [0.29, 0.717) is 25.6 Å². The standard InChI is InChI=1S/C19H28N4O3S/c1-19(2,3)26-18(25)22-10-9-21-17(20-4)23-12-14(24)16-11-13-7-5-6-8-15(13)27-16/h5-8,11,14,24H,9-10,12H2,1-4H3,(H,22,25)(H2,20,21,23). The van der Waals surface area contributed by atoms with Gasteiger partial charge in [-0.15, -0.1) is 11.3 Å². The Bertz CT molecular complexity index is 750. The van der Waals surface area contributed by atoms with Gasteiger partial charge in [0.1, 0.15) is 11.7 Å². The van der Waals surface area contributed by atoms with Gasteiger partial charge in [0.05, 0.1) is 0 Å². The molecule has 1 amide bonds. The van der Waals surface area contributed by atoms with E-state index in [-0.39, 0.29) is 0 Å². The van der Waals surface area contributed by atoms with Crippen LogP contribution >= 0.6 is 11.3 Å². The third-order valence-corrected chi connectivity index (χ3v) is 4.76. The van der Waals surface area contributed by atoms with Crippen molar-refractivity contribution in [3.63, 3.8) is 0 Å². The van der Waals surface area contributed by atoms with Crippen LogP contribution in [0, 0.1) is 0 Å². The highest BCUT2D eigenvalue weighted by Crippen LogP contribution is 2.29. The molecule has 0 aliphatic rings. The molecule has 7 nitrogen and oxygen atoms in total. The predicted molar refractivity (Wildman–Crippen MR) is 110 cm³/mol. The van der Waals surface area contributed by atoms with E-state index in [0.717, 1.165) is 15.0 Å². The summed E-state index contributed by atoms with van der Waals surface area (Å²) in [6.45, 7) is 6.67. The van der Waals surface area contributed by atoms with E-state index < -0.39 is 17.8 Å². The van der Waals surface area contributed by atoms with E-state index in [4.69, 9.17) is 4.74 Å². The summed E-state index contributed by atoms with van der Waals surface area (Å²) in [4.78, 5) is 16.6. The molecule has 0 fully saturated rings. The van der Waals surface area contributed by atoms with Crippen molar-refractivity contribution in [2.75, 3.05) is 26.7 Å². The largest absolute Gasteiger partial charge is 0.444 e. The molecule has 2 rings (SSSR count). The van der Waals surface area contributed by atoms with E-state index in [2.05, 4.69) is 20.9 Å². The monoisotopic (exact) mass is 392 g/mol. The van der Waals surface area contributed by atoms with Crippen LogP contribution in [-0.4, -0.2) is 49.4 Å². The van der Waals surface area contributed by atoms with Gasteiger partial charge in [0.15, 0.2) is 5.96 Å². The van der Waals surface area contributed by atoms with Crippen LogP contribution in [0.5, 0.6) is 0 Å². The summed E-state index contributed by atoms with van der Waals surface area (Å²) in [6, 6.07) is 10.1. The number of carbonyl (C=O) groups excluding carboxylic acids is 1. The summed E-state index contributed by atoms with van der Waals surface area (Å²) in [7, 11) is 1.66. The van der Waals surface area contributed by atoms with Crippen LogP contribution in [0.15, 0.2) is 35.3 Å². The van der Waals surface area contributed by atoms with Gasteiger partial charge in [0, 0.05) is 36.3 Å². The van der Waals surface area contributed by atoms with E-state index in [1.165, 1.54) is 0 Å². The molecule has 0 saturated heterocycles. The SMILES string of the molecule is CN=C(NCCNC(=O)OC(C)(C)C)NCC(O)c1cc2ccccc2s1. The molecule has 0 spiro atoms. The smallest absolute Gasteiger partial charge is 0.407 e. The molecular formula is C19H28N4O3S. The molecule has 1 unspecified atom stereocenters. The van der Waals surface area contributed by atoms with Crippen LogP contribution < -0.4 is 16.0 Å². The van der Waals surface area contributed by atoms with Crippen LogP contribution in [0.2, 0.25) is 0 Å². The second kappa shape index (κ2) is 9.57. The number of fused-ring (bicyclic) bond motifs is 1. The van der Waals surface area contributed by atoms with Gasteiger partial charge in [0.25, 0.3) is 0 Å². The molecule has 1 aromatic heterocycles. The van der Waals surface area contributed by atoms with Crippen LogP contribution in [-0.2, 0) is 4.74 Å². The van der Waals surface area contributed by atoms with Crippen LogP contribution in [0.4, 0.5) is 4.79 Å². The minimum Gasteiger partial charge on any atom is -0.444 e. The third-order valence-electron chi connectivity index (χ3n) is 3.55. The van der Waals surface area contributed by atoms with Crippen molar-refractivity contribution in [3.8, 4) is 0 Å². The zero-order chi connectivity index (χ0) is 19.9. The molecule has 0 saturated carbocycles. The predicted octanol–water partition coefficient (Wildman–Crippen LogP) is 2.62. The first-order valence-corrected chi connectivity index (χ1v) is 9.68. The van der Waals surface area contributed by atoms with Gasteiger partial charge in [-0.05, 0) is 38.3 Å². The third kappa shape index (κ3) is 7.07. The fourth-order valence-corrected chi connectivity index (χ4v) is 3.39. The van der Waals surface area contributed by atoms with E-state index in [1.807, 2.05) is 51.1 Å². The molecule has 1 atom stereocenters. The molecule has 1 heterocycles. The van der Waals surface area contributed by atoms with Gasteiger partial charge >= 0.3 is 6.09 Å². The zero-order valence-corrected chi connectivity index (χ0v) is 17.0. The molecule has 0 aliphatic heterocycles. The topological polar surface area (TPSA) is 95.0 Å². The van der Waals surface area contributed by atoms with Crippen molar-refractivity contribution in [1.29, 1.82) is 0 Å². The van der Waals surface area contributed by atoms with E-state index in [9.17, 15) is 9.90 Å². The highest BCUT2D eigenvalue weighted by Gasteiger charge is 2.15. The van der Waals surface area contributed by atoms with Gasteiger partial charge < -0.3 is 25.8 Å². The second-order valence-corrected chi connectivity index (χ2v) is 8.13. The van der Waals surface area contributed by atoms with Crippen LogP contribution in [0.3, 0.4) is 0 Å². The van der Waals surface area contributed by atoms with Gasteiger partial charge in [-0.2, -0.15) is 0 Å². The Morgan fingerprint density at radius 1 is 1.22 bits per heavy atom. The fraction of sp³-hybridized carbons (Fsp3) is 0.474. The van der Waals surface area contributed by atoms with Gasteiger partial charge in [-0.25, -0.2) is 4.79 Å². The van der Waals surface area contributed by atoms with Gasteiger partial charge in [-0.1, -0.05) is 18.2 Å². The van der Waals surface area contributed by atoms with Crippen molar-refractivity contribution in [1.82, 2.24) is 16.0 Å². The molecule has 0 radical (unpaired) electrons. The Hall–Kier alpha value is -2.32. The number of ether oxygens (including phenoxy) is 1. The first-order chi connectivity index (χ1) is 12.8. The quantitative estimate of drug-likeness (QED) is 0.344. The minimum atomic E-state index is -0.624. The Balaban J connectivity index is 1.72. The molecule has 4 N–H and O–H groups in total. The lowest BCUT2D eigenvalue weighted by molar-refractivity contribution is 0.0529. The van der Waals surface area contributed by atoms with E-state index >= 15 is 0 Å². The Morgan fingerprint density at radius 2 is 1.93 bits per heavy atom. The van der Waals surface area contributed by atoms with Gasteiger partial charge in [0.2, 0.25) is 0 Å². The number of amides is 1. The van der Waals surface area contributed by atoms with Crippen LogP contribution in [0.1, 0.15) is 31.8 Å². The lowest BCUT2D eigenvalue weighted by Gasteiger charge is -2.20. The maximum atomic E-state index is 11.6. The number of hydrogen-bond acceptors (Lipinski definition) is 5. The molecule has 27 heavy (non-hydrogen) atoms. The van der Waals surface area contributed by atoms with Crippen molar-refractivity contribution >= 4 is 33.5 Å². The van der Waals surface area contributed by atoms with Crippen molar-refractivity contribution in [2.24, 2.45) is 4.99 Å².